The summed E-state index contributed by atoms with van der Waals surface area (Å²) in [5, 5.41) is 12.0. The van der Waals surface area contributed by atoms with Crippen molar-refractivity contribution in [2.75, 3.05) is 23.7 Å². The molecule has 0 aliphatic carbocycles. The highest BCUT2D eigenvalue weighted by molar-refractivity contribution is 6.31. The Labute approximate surface area is 176 Å². The first kappa shape index (κ1) is 19.9. The van der Waals surface area contributed by atoms with Crippen molar-refractivity contribution in [3.8, 4) is 11.8 Å². The number of nitrogens with zero attached hydrogens (tertiary/aromatic N) is 4. The lowest BCUT2D eigenvalue weighted by Crippen LogP contribution is -2.24. The Balaban J connectivity index is 1.68. The van der Waals surface area contributed by atoms with Crippen molar-refractivity contribution in [3.63, 3.8) is 0 Å². The molecule has 2 N–H and O–H groups in total. The number of rotatable bonds is 2. The summed E-state index contributed by atoms with van der Waals surface area (Å²) in [7, 11) is 0. The fourth-order valence-corrected chi connectivity index (χ4v) is 3.76. The van der Waals surface area contributed by atoms with Gasteiger partial charge >= 0.3 is 0 Å². The molecule has 4 rings (SSSR count). The average Bonchev–Trinajstić information content (AvgIpc) is 3.10. The van der Waals surface area contributed by atoms with Gasteiger partial charge in [0.2, 0.25) is 0 Å². The third kappa shape index (κ3) is 3.60. The molecule has 152 valence electrons. The third-order valence-corrected chi connectivity index (χ3v) is 5.52. The smallest absolute Gasteiger partial charge is 0.285 e. The molecular formula is C21H17ClFN5O2. The second-order valence-corrected chi connectivity index (χ2v) is 7.86. The van der Waals surface area contributed by atoms with E-state index in [4.69, 9.17) is 17.3 Å². The Kier molecular flexibility index (Phi) is 4.92. The first-order valence-corrected chi connectivity index (χ1v) is 9.56. The quantitative estimate of drug-likeness (QED) is 0.375. The molecule has 3 aromatic rings. The van der Waals surface area contributed by atoms with Crippen LogP contribution < -0.4 is 10.6 Å². The topological polar surface area (TPSA) is 98.2 Å². The van der Waals surface area contributed by atoms with E-state index in [0.29, 0.717) is 36.1 Å². The molecule has 1 fully saturated rings. The number of hydrogen-bond acceptors (Lipinski definition) is 6. The minimum Gasteiger partial charge on any atom is -0.383 e. The lowest BCUT2D eigenvalue weighted by atomic mass is 9.90. The van der Waals surface area contributed by atoms with Gasteiger partial charge in [-0.25, -0.2) is 14.4 Å². The summed E-state index contributed by atoms with van der Waals surface area (Å²) in [6, 6.07) is 7.78. The standard InChI is InChI=1S/C21H17ClFN5O2/c1-21(7-8-27(11-21)17-4-2-3-15(22)19(17)23)6-5-13-9-16-14(10-18(13)28(29)30)20(24)26-12-25-16/h2-4,9-10,12H,7-8,11H2,1H3,(H2,24,25,26)/t21-/m1/s1. The fourth-order valence-electron chi connectivity index (χ4n) is 3.59. The number of anilines is 2. The molecule has 2 aromatic carbocycles. The van der Waals surface area contributed by atoms with Crippen LogP contribution in [0.25, 0.3) is 10.9 Å². The minimum absolute atomic E-state index is 0.0697. The van der Waals surface area contributed by atoms with Crippen molar-refractivity contribution < 1.29 is 9.31 Å². The van der Waals surface area contributed by atoms with E-state index in [0.717, 1.165) is 0 Å². The number of halogens is 2. The molecule has 1 atom stereocenters. The van der Waals surface area contributed by atoms with E-state index in [1.54, 1.807) is 18.2 Å². The molecule has 7 nitrogen and oxygen atoms in total. The minimum atomic E-state index is -0.499. The Morgan fingerprint density at radius 3 is 2.93 bits per heavy atom. The van der Waals surface area contributed by atoms with Gasteiger partial charge in [0.25, 0.3) is 5.69 Å². The third-order valence-electron chi connectivity index (χ3n) is 5.22. The predicted molar refractivity (Wildman–Crippen MR) is 114 cm³/mol. The summed E-state index contributed by atoms with van der Waals surface area (Å²) < 4.78 is 14.4. The van der Waals surface area contributed by atoms with Crippen LogP contribution in [0.4, 0.5) is 21.6 Å². The summed E-state index contributed by atoms with van der Waals surface area (Å²) in [4.78, 5) is 20.9. The lowest BCUT2D eigenvalue weighted by Gasteiger charge is -2.22. The molecule has 1 aromatic heterocycles. The molecule has 0 radical (unpaired) electrons. The van der Waals surface area contributed by atoms with Crippen LogP contribution in [-0.2, 0) is 0 Å². The maximum atomic E-state index is 14.4. The van der Waals surface area contributed by atoms with Crippen LogP contribution in [0.3, 0.4) is 0 Å². The van der Waals surface area contributed by atoms with Gasteiger partial charge in [-0.3, -0.25) is 10.1 Å². The Morgan fingerprint density at radius 1 is 1.37 bits per heavy atom. The van der Waals surface area contributed by atoms with Gasteiger partial charge in [-0.1, -0.05) is 29.5 Å². The summed E-state index contributed by atoms with van der Waals surface area (Å²) >= 11 is 5.90. The van der Waals surface area contributed by atoms with E-state index in [1.165, 1.54) is 18.5 Å². The van der Waals surface area contributed by atoms with Crippen molar-refractivity contribution in [2.45, 2.75) is 13.3 Å². The van der Waals surface area contributed by atoms with E-state index in [2.05, 4.69) is 21.8 Å². The van der Waals surface area contributed by atoms with Crippen LogP contribution in [0.2, 0.25) is 5.02 Å². The highest BCUT2D eigenvalue weighted by Crippen LogP contribution is 2.36. The van der Waals surface area contributed by atoms with Crippen LogP contribution >= 0.6 is 11.6 Å². The Bertz CT molecular complexity index is 1240. The van der Waals surface area contributed by atoms with Crippen molar-refractivity contribution in [2.24, 2.45) is 5.41 Å². The number of hydrogen-bond donors (Lipinski definition) is 1. The molecule has 0 saturated carbocycles. The van der Waals surface area contributed by atoms with Gasteiger partial charge in [0.15, 0.2) is 5.82 Å². The highest BCUT2D eigenvalue weighted by atomic mass is 35.5. The first-order valence-electron chi connectivity index (χ1n) is 9.18. The van der Waals surface area contributed by atoms with Gasteiger partial charge in [0, 0.05) is 30.0 Å². The van der Waals surface area contributed by atoms with Crippen LogP contribution in [0.1, 0.15) is 18.9 Å². The second kappa shape index (κ2) is 7.43. The van der Waals surface area contributed by atoms with Gasteiger partial charge in [-0.05, 0) is 31.5 Å². The summed E-state index contributed by atoms with van der Waals surface area (Å²) in [6.45, 7) is 3.04. The summed E-state index contributed by atoms with van der Waals surface area (Å²) in [6.07, 6.45) is 1.98. The molecule has 1 saturated heterocycles. The zero-order valence-corrected chi connectivity index (χ0v) is 16.8. The van der Waals surface area contributed by atoms with Gasteiger partial charge in [-0.2, -0.15) is 0 Å². The molecule has 0 unspecified atom stereocenters. The largest absolute Gasteiger partial charge is 0.383 e. The van der Waals surface area contributed by atoms with Crippen molar-refractivity contribution in [1.82, 2.24) is 9.97 Å². The van der Waals surface area contributed by atoms with Crippen LogP contribution in [-0.4, -0.2) is 28.0 Å². The number of aromatic nitrogens is 2. The lowest BCUT2D eigenvalue weighted by molar-refractivity contribution is -0.385. The molecule has 2 heterocycles. The van der Waals surface area contributed by atoms with Crippen LogP contribution in [0.5, 0.6) is 0 Å². The van der Waals surface area contributed by atoms with E-state index in [9.17, 15) is 14.5 Å². The van der Waals surface area contributed by atoms with Crippen molar-refractivity contribution in [3.05, 3.63) is 63.2 Å². The first-order chi connectivity index (χ1) is 14.3. The normalized spacial score (nSPS) is 18.3. The molecule has 1 aliphatic heterocycles. The molecule has 0 amide bonds. The summed E-state index contributed by atoms with van der Waals surface area (Å²) in [5.74, 6) is 5.82. The van der Waals surface area contributed by atoms with Crippen LogP contribution in [0.15, 0.2) is 36.7 Å². The van der Waals surface area contributed by atoms with E-state index < -0.39 is 16.2 Å². The van der Waals surface area contributed by atoms with E-state index in [1.807, 2.05) is 11.8 Å². The van der Waals surface area contributed by atoms with Crippen molar-refractivity contribution in [1.29, 1.82) is 0 Å². The zero-order chi connectivity index (χ0) is 21.5. The molecule has 9 heteroatoms. The maximum absolute atomic E-state index is 14.4. The van der Waals surface area contributed by atoms with Gasteiger partial charge in [0.05, 0.1) is 21.2 Å². The molecule has 1 aliphatic rings. The molecule has 0 spiro atoms. The van der Waals surface area contributed by atoms with Gasteiger partial charge in [-0.15, -0.1) is 0 Å². The zero-order valence-electron chi connectivity index (χ0n) is 16.0. The number of nitrogen functional groups attached to an aromatic ring is 1. The van der Waals surface area contributed by atoms with E-state index in [-0.39, 0.29) is 22.1 Å². The Hall–Kier alpha value is -3.44. The van der Waals surface area contributed by atoms with Gasteiger partial charge in [0.1, 0.15) is 17.7 Å². The molecular weight excluding hydrogens is 409 g/mol. The molecule has 0 bridgehead atoms. The average molecular weight is 426 g/mol. The SMILES string of the molecule is C[C@@]1(C#Cc2cc3ncnc(N)c3cc2[N+](=O)[O-])CCN(c2cccc(Cl)c2F)C1. The van der Waals surface area contributed by atoms with Crippen molar-refractivity contribution >= 4 is 39.7 Å². The number of nitro groups is 1. The predicted octanol–water partition coefficient (Wildman–Crippen LogP) is 4.18. The highest BCUT2D eigenvalue weighted by Gasteiger charge is 2.34. The number of nitro benzene ring substituents is 1. The summed E-state index contributed by atoms with van der Waals surface area (Å²) in [5.41, 5.74) is 6.34. The molecule has 30 heavy (non-hydrogen) atoms. The fraction of sp³-hybridized carbons (Fsp3) is 0.238. The second-order valence-electron chi connectivity index (χ2n) is 7.46. The number of fused-ring (bicyclic) bond motifs is 1. The maximum Gasteiger partial charge on any atom is 0.285 e. The van der Waals surface area contributed by atoms with E-state index >= 15 is 0 Å². The van der Waals surface area contributed by atoms with Crippen LogP contribution in [0, 0.1) is 33.2 Å². The monoisotopic (exact) mass is 425 g/mol. The number of benzene rings is 2. The Morgan fingerprint density at radius 2 is 2.17 bits per heavy atom. The number of nitrogens with two attached hydrogens (primary N) is 1. The van der Waals surface area contributed by atoms with Gasteiger partial charge < -0.3 is 10.6 Å².